The Morgan fingerprint density at radius 3 is 2.67 bits per heavy atom. The molecule has 1 aromatic carbocycles. The number of nitrogens with two attached hydrogens (primary N) is 1. The van der Waals surface area contributed by atoms with Crippen LogP contribution in [0.5, 0.6) is 0 Å². The summed E-state index contributed by atoms with van der Waals surface area (Å²) in [5, 5.41) is 0.868. The van der Waals surface area contributed by atoms with Gasteiger partial charge in [0.15, 0.2) is 0 Å². The lowest BCUT2D eigenvalue weighted by atomic mass is 10.0. The largest absolute Gasteiger partial charge is 0.327 e. The number of benzene rings is 1. The molecule has 1 fully saturated rings. The van der Waals surface area contributed by atoms with Gasteiger partial charge in [0.05, 0.1) is 0 Å². The van der Waals surface area contributed by atoms with Crippen molar-refractivity contribution in [1.29, 1.82) is 0 Å². The third kappa shape index (κ3) is 1.23. The Balaban J connectivity index is 2.41. The number of hydrogen-bond donors (Lipinski definition) is 1. The van der Waals surface area contributed by atoms with E-state index in [1.807, 2.05) is 12.1 Å². The summed E-state index contributed by atoms with van der Waals surface area (Å²) in [5.74, 6) is 0.513. The summed E-state index contributed by atoms with van der Waals surface area (Å²) < 4.78 is 0. The average molecular weight is 182 g/mol. The number of aryl methyl sites for hydroxylation is 1. The molecular weight excluding hydrogens is 170 g/mol. The molecule has 1 saturated carbocycles. The first-order valence-corrected chi connectivity index (χ1v) is 4.58. The first kappa shape index (κ1) is 8.09. The molecule has 2 unspecified atom stereocenters. The average Bonchev–Trinajstić information content (AvgIpc) is 2.67. The van der Waals surface area contributed by atoms with E-state index < -0.39 is 0 Å². The van der Waals surface area contributed by atoms with Gasteiger partial charge in [0, 0.05) is 17.0 Å². The maximum atomic E-state index is 6.07. The second-order valence-electron chi connectivity index (χ2n) is 3.48. The Labute approximate surface area is 77.5 Å². The van der Waals surface area contributed by atoms with E-state index in [2.05, 4.69) is 13.0 Å². The zero-order valence-corrected chi connectivity index (χ0v) is 7.81. The van der Waals surface area contributed by atoms with E-state index in [0.29, 0.717) is 12.0 Å². The number of halogens is 1. The van der Waals surface area contributed by atoms with Gasteiger partial charge in [-0.15, -0.1) is 0 Å². The monoisotopic (exact) mass is 181 g/mol. The third-order valence-corrected chi connectivity index (χ3v) is 2.81. The quantitative estimate of drug-likeness (QED) is 0.708. The molecular formula is C10H12ClN. The Kier molecular flexibility index (Phi) is 1.85. The molecule has 0 saturated heterocycles. The summed E-state index contributed by atoms with van der Waals surface area (Å²) in [4.78, 5) is 0. The van der Waals surface area contributed by atoms with Crippen molar-refractivity contribution in [2.75, 3.05) is 0 Å². The second-order valence-corrected chi connectivity index (χ2v) is 3.88. The summed E-state index contributed by atoms with van der Waals surface area (Å²) >= 11 is 6.07. The molecule has 2 N–H and O–H groups in total. The predicted octanol–water partition coefficient (Wildman–Crippen LogP) is 2.46. The molecule has 0 amide bonds. The lowest BCUT2D eigenvalue weighted by Gasteiger charge is -2.05. The lowest BCUT2D eigenvalue weighted by Crippen LogP contribution is -2.02. The van der Waals surface area contributed by atoms with Crippen LogP contribution in [0, 0.1) is 6.92 Å². The van der Waals surface area contributed by atoms with Crippen molar-refractivity contribution >= 4 is 11.6 Å². The second kappa shape index (κ2) is 2.75. The fraction of sp³-hybridized carbons (Fsp3) is 0.400. The molecule has 1 nitrogen and oxygen atoms in total. The molecule has 0 spiro atoms. The predicted molar refractivity (Wildman–Crippen MR) is 51.5 cm³/mol. The summed E-state index contributed by atoms with van der Waals surface area (Å²) in [6, 6.07) is 6.35. The van der Waals surface area contributed by atoms with Crippen LogP contribution < -0.4 is 5.73 Å². The van der Waals surface area contributed by atoms with Gasteiger partial charge in [-0.25, -0.2) is 0 Å². The molecule has 1 aromatic rings. The zero-order valence-electron chi connectivity index (χ0n) is 7.05. The van der Waals surface area contributed by atoms with E-state index >= 15 is 0 Å². The molecule has 2 atom stereocenters. The third-order valence-electron chi connectivity index (χ3n) is 2.48. The Morgan fingerprint density at radius 2 is 2.17 bits per heavy atom. The number of rotatable bonds is 1. The van der Waals surface area contributed by atoms with E-state index in [9.17, 15) is 0 Å². The van der Waals surface area contributed by atoms with E-state index in [4.69, 9.17) is 17.3 Å². The highest BCUT2D eigenvalue weighted by Gasteiger charge is 2.36. The van der Waals surface area contributed by atoms with Crippen LogP contribution in [0.3, 0.4) is 0 Å². The molecule has 0 bridgehead atoms. The van der Waals surface area contributed by atoms with Crippen molar-refractivity contribution in [1.82, 2.24) is 0 Å². The van der Waals surface area contributed by atoms with Crippen LogP contribution in [-0.4, -0.2) is 6.04 Å². The molecule has 1 aliphatic carbocycles. The highest BCUT2D eigenvalue weighted by atomic mass is 35.5. The van der Waals surface area contributed by atoms with E-state index in [-0.39, 0.29) is 0 Å². The summed E-state index contributed by atoms with van der Waals surface area (Å²) in [6.45, 7) is 2.09. The maximum Gasteiger partial charge on any atom is 0.0444 e. The van der Waals surface area contributed by atoms with Crippen LogP contribution in [0.25, 0.3) is 0 Å². The smallest absolute Gasteiger partial charge is 0.0444 e. The summed E-state index contributed by atoms with van der Waals surface area (Å²) in [5.41, 5.74) is 8.30. The van der Waals surface area contributed by atoms with Gasteiger partial charge in [-0.05, 0) is 30.5 Å². The van der Waals surface area contributed by atoms with Crippen molar-refractivity contribution in [3.63, 3.8) is 0 Å². The highest BCUT2D eigenvalue weighted by molar-refractivity contribution is 6.31. The minimum Gasteiger partial charge on any atom is -0.327 e. The molecule has 12 heavy (non-hydrogen) atoms. The van der Waals surface area contributed by atoms with Crippen LogP contribution in [0.2, 0.25) is 5.02 Å². The van der Waals surface area contributed by atoms with E-state index in [1.165, 1.54) is 11.1 Å². The fourth-order valence-electron chi connectivity index (χ4n) is 1.66. The topological polar surface area (TPSA) is 26.0 Å². The molecule has 0 radical (unpaired) electrons. The van der Waals surface area contributed by atoms with Crippen LogP contribution in [-0.2, 0) is 0 Å². The van der Waals surface area contributed by atoms with Crippen molar-refractivity contribution < 1.29 is 0 Å². The minimum absolute atomic E-state index is 0.337. The molecule has 0 aliphatic heterocycles. The summed E-state index contributed by atoms with van der Waals surface area (Å²) in [6.07, 6.45) is 1.09. The number of hydrogen-bond acceptors (Lipinski definition) is 1. The van der Waals surface area contributed by atoms with Crippen LogP contribution in [0.4, 0.5) is 0 Å². The van der Waals surface area contributed by atoms with Crippen LogP contribution >= 0.6 is 11.6 Å². The van der Waals surface area contributed by atoms with Crippen molar-refractivity contribution in [3.05, 3.63) is 34.3 Å². The van der Waals surface area contributed by atoms with Gasteiger partial charge >= 0.3 is 0 Å². The zero-order chi connectivity index (χ0) is 8.72. The Morgan fingerprint density at radius 1 is 1.50 bits per heavy atom. The van der Waals surface area contributed by atoms with Crippen molar-refractivity contribution in [2.24, 2.45) is 5.73 Å². The molecule has 1 aliphatic rings. The summed E-state index contributed by atoms with van der Waals surface area (Å²) in [7, 11) is 0. The van der Waals surface area contributed by atoms with Gasteiger partial charge in [0.25, 0.3) is 0 Å². The van der Waals surface area contributed by atoms with Gasteiger partial charge in [-0.1, -0.05) is 23.7 Å². The van der Waals surface area contributed by atoms with E-state index in [0.717, 1.165) is 11.4 Å². The molecule has 2 rings (SSSR count). The fourth-order valence-corrected chi connectivity index (χ4v) is 2.02. The van der Waals surface area contributed by atoms with Crippen molar-refractivity contribution in [2.45, 2.75) is 25.3 Å². The van der Waals surface area contributed by atoms with Gasteiger partial charge < -0.3 is 5.73 Å². The van der Waals surface area contributed by atoms with Gasteiger partial charge in [0.1, 0.15) is 0 Å². The molecule has 0 aromatic heterocycles. The normalized spacial score (nSPS) is 27.2. The minimum atomic E-state index is 0.337. The van der Waals surface area contributed by atoms with Gasteiger partial charge in [-0.3, -0.25) is 0 Å². The SMILES string of the molecule is Cc1cccc(Cl)c1C1CC1N. The molecule has 64 valence electrons. The van der Waals surface area contributed by atoms with Crippen LogP contribution in [0.15, 0.2) is 18.2 Å². The Bertz CT molecular complexity index is 288. The Hall–Kier alpha value is -0.530. The first-order chi connectivity index (χ1) is 5.70. The van der Waals surface area contributed by atoms with Crippen LogP contribution in [0.1, 0.15) is 23.5 Å². The molecule has 0 heterocycles. The maximum absolute atomic E-state index is 6.07. The lowest BCUT2D eigenvalue weighted by molar-refractivity contribution is 0.980. The standard InChI is InChI=1S/C10H12ClN/c1-6-3-2-4-8(11)10(6)7-5-9(7)12/h2-4,7,9H,5,12H2,1H3. The first-order valence-electron chi connectivity index (χ1n) is 4.20. The van der Waals surface area contributed by atoms with Gasteiger partial charge in [-0.2, -0.15) is 0 Å². The van der Waals surface area contributed by atoms with Gasteiger partial charge in [0.2, 0.25) is 0 Å². The van der Waals surface area contributed by atoms with Crippen molar-refractivity contribution in [3.8, 4) is 0 Å². The van der Waals surface area contributed by atoms with E-state index in [1.54, 1.807) is 0 Å². The highest BCUT2D eigenvalue weighted by Crippen LogP contribution is 2.43. The molecule has 2 heteroatoms.